The molecule has 0 spiro atoms. The highest BCUT2D eigenvalue weighted by molar-refractivity contribution is 5.91. The lowest BCUT2D eigenvalue weighted by molar-refractivity contribution is -0.134. The van der Waals surface area contributed by atoms with Crippen LogP contribution in [-0.4, -0.2) is 22.2 Å². The molecule has 96 valence electrons. The summed E-state index contributed by atoms with van der Waals surface area (Å²) in [5.41, 5.74) is 0.530. The number of aryl methyl sites for hydroxylation is 1. The van der Waals surface area contributed by atoms with Gasteiger partial charge in [0.25, 0.3) is 0 Å². The van der Waals surface area contributed by atoms with Crippen LogP contribution in [0.25, 0.3) is 11.1 Å². The number of nitrogens with zero attached hydrogens (tertiary/aromatic N) is 1. The number of rotatable bonds is 3. The molecule has 0 amide bonds. The minimum atomic E-state index is -4.27. The zero-order valence-corrected chi connectivity index (χ0v) is 8.99. The van der Waals surface area contributed by atoms with Gasteiger partial charge in [0.2, 0.25) is 0 Å². The van der Waals surface area contributed by atoms with E-state index in [0.717, 1.165) is 0 Å². The molecule has 1 aromatic carbocycles. The Kier molecular flexibility index (Phi) is 2.98. The summed E-state index contributed by atoms with van der Waals surface area (Å²) in [5.74, 6) is -1.18. The van der Waals surface area contributed by atoms with E-state index in [4.69, 9.17) is 9.52 Å². The fourth-order valence-corrected chi connectivity index (χ4v) is 1.46. The van der Waals surface area contributed by atoms with E-state index in [2.05, 4.69) is 4.98 Å². The van der Waals surface area contributed by atoms with Crippen LogP contribution in [0.2, 0.25) is 0 Å². The van der Waals surface area contributed by atoms with Crippen LogP contribution in [0.4, 0.5) is 13.2 Å². The van der Waals surface area contributed by atoms with Crippen LogP contribution >= 0.6 is 0 Å². The molecule has 0 aliphatic rings. The van der Waals surface area contributed by atoms with E-state index >= 15 is 0 Å². The Bertz CT molecular complexity index is 589. The first-order valence-corrected chi connectivity index (χ1v) is 5.05. The van der Waals surface area contributed by atoms with Gasteiger partial charge in [0.05, 0.1) is 12.0 Å². The van der Waals surface area contributed by atoms with Gasteiger partial charge in [-0.15, -0.1) is 0 Å². The fraction of sp³-hybridized carbons (Fsp3) is 0.273. The van der Waals surface area contributed by atoms with Gasteiger partial charge in [-0.25, -0.2) is 9.78 Å². The van der Waals surface area contributed by atoms with E-state index in [1.807, 2.05) is 0 Å². The number of oxazole rings is 1. The summed E-state index contributed by atoms with van der Waals surface area (Å²) in [5, 5.41) is 8.75. The number of alkyl halides is 3. The van der Waals surface area contributed by atoms with Gasteiger partial charge in [-0.05, 0) is 18.2 Å². The minimum Gasteiger partial charge on any atom is -0.478 e. The molecule has 1 aromatic heterocycles. The highest BCUT2D eigenvalue weighted by atomic mass is 19.4. The summed E-state index contributed by atoms with van der Waals surface area (Å²) in [6.07, 6.45) is -5.65. The van der Waals surface area contributed by atoms with Crippen molar-refractivity contribution in [1.82, 2.24) is 4.98 Å². The van der Waals surface area contributed by atoms with Crippen molar-refractivity contribution in [2.75, 3.05) is 0 Å². The second kappa shape index (κ2) is 4.32. The third-order valence-corrected chi connectivity index (χ3v) is 2.30. The number of hydrogen-bond donors (Lipinski definition) is 1. The molecule has 1 heterocycles. The monoisotopic (exact) mass is 259 g/mol. The molecule has 18 heavy (non-hydrogen) atoms. The molecule has 0 bridgehead atoms. The second-order valence-electron chi connectivity index (χ2n) is 3.71. The molecular formula is C11H8F3NO3. The first kappa shape index (κ1) is 12.4. The summed E-state index contributed by atoms with van der Waals surface area (Å²) in [6, 6.07) is 3.95. The molecule has 0 saturated heterocycles. The molecule has 0 radical (unpaired) electrons. The molecule has 0 aliphatic heterocycles. The SMILES string of the molecule is O=C(O)c1ccc2oc(CCC(F)(F)F)nc2c1. The summed E-state index contributed by atoms with van der Waals surface area (Å²) in [7, 11) is 0. The molecule has 2 rings (SSSR count). The van der Waals surface area contributed by atoms with E-state index in [0.29, 0.717) is 0 Å². The summed E-state index contributed by atoms with van der Waals surface area (Å²) < 4.78 is 41.2. The number of aromatic carboxylic acids is 1. The van der Waals surface area contributed by atoms with Gasteiger partial charge in [-0.3, -0.25) is 0 Å². The normalized spacial score (nSPS) is 11.9. The van der Waals surface area contributed by atoms with Crippen LogP contribution in [0.5, 0.6) is 0 Å². The molecule has 0 aliphatic carbocycles. The van der Waals surface area contributed by atoms with E-state index in [9.17, 15) is 18.0 Å². The highest BCUT2D eigenvalue weighted by Gasteiger charge is 2.27. The summed E-state index contributed by atoms with van der Waals surface area (Å²) in [6.45, 7) is 0. The third-order valence-electron chi connectivity index (χ3n) is 2.30. The molecule has 4 nitrogen and oxygen atoms in total. The number of fused-ring (bicyclic) bond motifs is 1. The maximum Gasteiger partial charge on any atom is 0.389 e. The van der Waals surface area contributed by atoms with E-state index in [1.54, 1.807) is 0 Å². The van der Waals surface area contributed by atoms with Crippen LogP contribution in [0.15, 0.2) is 22.6 Å². The van der Waals surface area contributed by atoms with Crippen molar-refractivity contribution in [2.24, 2.45) is 0 Å². The van der Waals surface area contributed by atoms with E-state index < -0.39 is 18.6 Å². The van der Waals surface area contributed by atoms with Gasteiger partial charge in [0, 0.05) is 6.42 Å². The molecule has 0 fully saturated rings. The average molecular weight is 259 g/mol. The zero-order valence-electron chi connectivity index (χ0n) is 8.99. The van der Waals surface area contributed by atoms with Crippen LogP contribution in [-0.2, 0) is 6.42 Å². The Morgan fingerprint density at radius 2 is 2.11 bits per heavy atom. The Labute approximate surface area is 99.0 Å². The van der Waals surface area contributed by atoms with Gasteiger partial charge in [0.1, 0.15) is 5.52 Å². The predicted octanol–water partition coefficient (Wildman–Crippen LogP) is 3.02. The molecule has 2 aromatic rings. The van der Waals surface area contributed by atoms with Crippen LogP contribution in [0.1, 0.15) is 22.7 Å². The van der Waals surface area contributed by atoms with Crippen molar-refractivity contribution in [3.8, 4) is 0 Å². The molecule has 0 saturated carbocycles. The smallest absolute Gasteiger partial charge is 0.389 e. The van der Waals surface area contributed by atoms with Gasteiger partial charge >= 0.3 is 12.1 Å². The Balaban J connectivity index is 2.24. The number of carboxylic acid groups (broad SMARTS) is 1. The van der Waals surface area contributed by atoms with Crippen molar-refractivity contribution < 1.29 is 27.5 Å². The quantitative estimate of drug-likeness (QED) is 0.920. The number of aromatic nitrogens is 1. The maximum atomic E-state index is 12.0. The first-order valence-electron chi connectivity index (χ1n) is 5.05. The van der Waals surface area contributed by atoms with Gasteiger partial charge in [-0.2, -0.15) is 13.2 Å². The number of benzene rings is 1. The molecule has 7 heteroatoms. The second-order valence-corrected chi connectivity index (χ2v) is 3.71. The molecule has 0 unspecified atom stereocenters. The van der Waals surface area contributed by atoms with Gasteiger partial charge < -0.3 is 9.52 Å². The van der Waals surface area contributed by atoms with Crippen LogP contribution in [0, 0.1) is 0 Å². The molecule has 1 N–H and O–H groups in total. The summed E-state index contributed by atoms with van der Waals surface area (Å²) in [4.78, 5) is 14.5. The van der Waals surface area contributed by atoms with Crippen molar-refractivity contribution >= 4 is 17.1 Å². The number of hydrogen-bond acceptors (Lipinski definition) is 3. The van der Waals surface area contributed by atoms with Crippen molar-refractivity contribution in [3.63, 3.8) is 0 Å². The average Bonchev–Trinajstić information content (AvgIpc) is 2.66. The lowest BCUT2D eigenvalue weighted by Crippen LogP contribution is -2.08. The minimum absolute atomic E-state index is 0.0122. The van der Waals surface area contributed by atoms with E-state index in [-0.39, 0.29) is 29.0 Å². The molecule has 0 atom stereocenters. The Hall–Kier alpha value is -2.05. The van der Waals surface area contributed by atoms with Crippen LogP contribution in [0.3, 0.4) is 0 Å². The standard InChI is InChI=1S/C11H8F3NO3/c12-11(13,14)4-3-9-15-7-5-6(10(16)17)1-2-8(7)18-9/h1-2,5H,3-4H2,(H,16,17). The fourth-order valence-electron chi connectivity index (χ4n) is 1.46. The summed E-state index contributed by atoms with van der Waals surface area (Å²) >= 11 is 0. The van der Waals surface area contributed by atoms with E-state index in [1.165, 1.54) is 18.2 Å². The number of carbonyl (C=O) groups is 1. The van der Waals surface area contributed by atoms with Crippen molar-refractivity contribution in [1.29, 1.82) is 0 Å². The zero-order chi connectivity index (χ0) is 13.3. The van der Waals surface area contributed by atoms with Crippen molar-refractivity contribution in [2.45, 2.75) is 19.0 Å². The Morgan fingerprint density at radius 1 is 1.39 bits per heavy atom. The van der Waals surface area contributed by atoms with Crippen molar-refractivity contribution in [3.05, 3.63) is 29.7 Å². The first-order chi connectivity index (χ1) is 8.35. The topological polar surface area (TPSA) is 63.3 Å². The lowest BCUT2D eigenvalue weighted by atomic mass is 10.2. The number of carboxylic acids is 1. The Morgan fingerprint density at radius 3 is 2.72 bits per heavy atom. The number of halogens is 3. The highest BCUT2D eigenvalue weighted by Crippen LogP contribution is 2.24. The maximum absolute atomic E-state index is 12.0. The van der Waals surface area contributed by atoms with Gasteiger partial charge in [0.15, 0.2) is 11.5 Å². The van der Waals surface area contributed by atoms with Crippen LogP contribution < -0.4 is 0 Å². The van der Waals surface area contributed by atoms with Gasteiger partial charge in [-0.1, -0.05) is 0 Å². The third kappa shape index (κ3) is 2.79. The molecular weight excluding hydrogens is 251 g/mol. The predicted molar refractivity (Wildman–Crippen MR) is 55.3 cm³/mol. The largest absolute Gasteiger partial charge is 0.478 e. The lowest BCUT2D eigenvalue weighted by Gasteiger charge is -2.02.